The molecule has 1 fully saturated rings. The highest BCUT2D eigenvalue weighted by atomic mass is 16.1. The molecule has 1 aliphatic carbocycles. The highest BCUT2D eigenvalue weighted by molar-refractivity contribution is 6.01. The third-order valence-electron chi connectivity index (χ3n) is 6.29. The number of aryl methyl sites for hydroxylation is 1. The molecule has 0 unspecified atom stereocenters. The van der Waals surface area contributed by atoms with E-state index in [-0.39, 0.29) is 5.78 Å². The number of carbonyl (C=O) groups is 1. The van der Waals surface area contributed by atoms with E-state index in [1.807, 2.05) is 30.6 Å². The fourth-order valence-electron chi connectivity index (χ4n) is 4.41. The molecule has 3 aromatic rings. The van der Waals surface area contributed by atoms with Crippen LogP contribution in [-0.4, -0.2) is 70.1 Å². The van der Waals surface area contributed by atoms with Gasteiger partial charge in [0.25, 0.3) is 0 Å². The summed E-state index contributed by atoms with van der Waals surface area (Å²) in [6.07, 6.45) is 7.24. The van der Waals surface area contributed by atoms with Crippen molar-refractivity contribution in [1.82, 2.24) is 24.6 Å². The average Bonchev–Trinajstić information content (AvgIpc) is 3.38. The van der Waals surface area contributed by atoms with Gasteiger partial charge in [-0.1, -0.05) is 18.2 Å². The summed E-state index contributed by atoms with van der Waals surface area (Å²) in [7, 11) is 2.18. The van der Waals surface area contributed by atoms with Crippen LogP contribution < -0.4 is 0 Å². The Morgan fingerprint density at radius 2 is 1.70 bits per heavy atom. The van der Waals surface area contributed by atoms with Gasteiger partial charge >= 0.3 is 0 Å². The van der Waals surface area contributed by atoms with Crippen molar-refractivity contribution in [2.24, 2.45) is 0 Å². The number of hydrogen-bond acceptors (Lipinski definition) is 5. The molecule has 6 heteroatoms. The first-order valence-electron chi connectivity index (χ1n) is 10.7. The van der Waals surface area contributed by atoms with Crippen LogP contribution in [0.5, 0.6) is 0 Å². The summed E-state index contributed by atoms with van der Waals surface area (Å²) in [5.74, 6) is 0.258. The van der Waals surface area contributed by atoms with Crippen LogP contribution in [0.15, 0.2) is 48.9 Å². The van der Waals surface area contributed by atoms with Crippen molar-refractivity contribution < 1.29 is 4.79 Å². The lowest BCUT2D eigenvalue weighted by atomic mass is 9.98. The number of hydrogen-bond donors (Lipinski definition) is 0. The number of ketones is 1. The molecule has 0 atom stereocenters. The fraction of sp³-hybridized carbons (Fsp3) is 0.375. The summed E-state index contributed by atoms with van der Waals surface area (Å²) in [6.45, 7) is 6.34. The van der Waals surface area contributed by atoms with Gasteiger partial charge in [0.2, 0.25) is 0 Å². The lowest BCUT2D eigenvalue weighted by Crippen LogP contribution is -2.45. The van der Waals surface area contributed by atoms with E-state index in [1.165, 1.54) is 0 Å². The maximum Gasteiger partial charge on any atom is 0.163 e. The number of piperazine rings is 1. The van der Waals surface area contributed by atoms with E-state index in [9.17, 15) is 4.79 Å². The van der Waals surface area contributed by atoms with Crippen molar-refractivity contribution in [1.29, 1.82) is 0 Å². The normalized spacial score (nSPS) is 17.4. The number of rotatable bonds is 5. The lowest BCUT2D eigenvalue weighted by molar-refractivity contribution is 0.0994. The minimum atomic E-state index is 0.258. The molecule has 5 rings (SSSR count). The molecule has 1 aliphatic heterocycles. The standard InChI is InChI=1S/C24H27N5O/c1-27-10-12-28(13-11-27)14-15-29-17-22(24(26-29)18-6-8-25-9-7-18)20-2-4-21-19(16-20)3-5-23(21)30/h2,4,6-9,16-17H,3,5,10-15H2,1H3. The maximum atomic E-state index is 12.0. The highest BCUT2D eigenvalue weighted by Gasteiger charge is 2.21. The van der Waals surface area contributed by atoms with E-state index in [0.717, 1.165) is 79.2 Å². The molecule has 1 saturated heterocycles. The van der Waals surface area contributed by atoms with Crippen molar-refractivity contribution in [2.75, 3.05) is 39.8 Å². The maximum absolute atomic E-state index is 12.0. The molecule has 1 aromatic carbocycles. The summed E-state index contributed by atoms with van der Waals surface area (Å²) in [6, 6.07) is 10.2. The minimum Gasteiger partial charge on any atom is -0.304 e. The second-order valence-electron chi connectivity index (χ2n) is 8.33. The van der Waals surface area contributed by atoms with Gasteiger partial charge in [0, 0.05) is 74.4 Å². The Bertz CT molecular complexity index is 1050. The predicted octanol–water partition coefficient (Wildman–Crippen LogP) is 2.99. The van der Waals surface area contributed by atoms with E-state index >= 15 is 0 Å². The van der Waals surface area contributed by atoms with E-state index in [0.29, 0.717) is 6.42 Å². The highest BCUT2D eigenvalue weighted by Crippen LogP contribution is 2.34. The number of fused-ring (bicyclic) bond motifs is 1. The molecule has 0 N–H and O–H groups in total. The Balaban J connectivity index is 1.44. The SMILES string of the molecule is CN1CCN(CCn2cc(-c3ccc4c(c3)CCC4=O)c(-c3ccncc3)n2)CC1. The van der Waals surface area contributed by atoms with Gasteiger partial charge in [-0.15, -0.1) is 0 Å². The van der Waals surface area contributed by atoms with Gasteiger partial charge in [-0.25, -0.2) is 0 Å². The van der Waals surface area contributed by atoms with Crippen LogP contribution in [0.3, 0.4) is 0 Å². The van der Waals surface area contributed by atoms with E-state index in [4.69, 9.17) is 5.10 Å². The van der Waals surface area contributed by atoms with Crippen molar-refractivity contribution in [2.45, 2.75) is 19.4 Å². The van der Waals surface area contributed by atoms with Crippen molar-refractivity contribution in [3.05, 3.63) is 60.0 Å². The Kier molecular flexibility index (Phi) is 5.19. The Morgan fingerprint density at radius 3 is 2.50 bits per heavy atom. The first-order chi connectivity index (χ1) is 14.7. The van der Waals surface area contributed by atoms with Gasteiger partial charge in [0.1, 0.15) is 5.69 Å². The molecular weight excluding hydrogens is 374 g/mol. The summed E-state index contributed by atoms with van der Waals surface area (Å²) < 4.78 is 2.07. The first kappa shape index (κ1) is 19.2. The number of carbonyl (C=O) groups excluding carboxylic acids is 1. The summed E-state index contributed by atoms with van der Waals surface area (Å²) in [5, 5.41) is 4.95. The summed E-state index contributed by atoms with van der Waals surface area (Å²) in [5.41, 5.74) is 6.31. The van der Waals surface area contributed by atoms with Crippen LogP contribution in [0.2, 0.25) is 0 Å². The molecule has 2 aromatic heterocycles. The van der Waals surface area contributed by atoms with Crippen molar-refractivity contribution >= 4 is 5.78 Å². The smallest absolute Gasteiger partial charge is 0.163 e. The number of nitrogens with zero attached hydrogens (tertiary/aromatic N) is 5. The van der Waals surface area contributed by atoms with Crippen LogP contribution in [0.1, 0.15) is 22.3 Å². The molecular formula is C24H27N5O. The van der Waals surface area contributed by atoms with Gasteiger partial charge in [-0.2, -0.15) is 5.10 Å². The monoisotopic (exact) mass is 401 g/mol. The number of likely N-dealkylation sites (N-methyl/N-ethyl adjacent to an activating group) is 1. The molecule has 0 bridgehead atoms. The topological polar surface area (TPSA) is 54.3 Å². The molecule has 154 valence electrons. The first-order valence-corrected chi connectivity index (χ1v) is 10.7. The zero-order chi connectivity index (χ0) is 20.5. The zero-order valence-corrected chi connectivity index (χ0v) is 17.4. The van der Waals surface area contributed by atoms with E-state index < -0.39 is 0 Å². The minimum absolute atomic E-state index is 0.258. The van der Waals surface area contributed by atoms with Gasteiger partial charge in [0.05, 0.1) is 6.54 Å². The Labute approximate surface area is 177 Å². The molecule has 0 saturated carbocycles. The Morgan fingerprint density at radius 1 is 0.900 bits per heavy atom. The van der Waals surface area contributed by atoms with Crippen LogP contribution in [0, 0.1) is 0 Å². The summed E-state index contributed by atoms with van der Waals surface area (Å²) >= 11 is 0. The number of aromatic nitrogens is 3. The zero-order valence-electron chi connectivity index (χ0n) is 17.4. The van der Waals surface area contributed by atoms with Gasteiger partial charge in [-0.3, -0.25) is 19.4 Å². The van der Waals surface area contributed by atoms with Gasteiger partial charge < -0.3 is 4.90 Å². The van der Waals surface area contributed by atoms with E-state index in [1.54, 1.807) is 0 Å². The third-order valence-corrected chi connectivity index (χ3v) is 6.29. The number of Topliss-reactive ketones (excluding diaryl/α,β-unsaturated/α-hetero) is 1. The van der Waals surface area contributed by atoms with Crippen LogP contribution >= 0.6 is 0 Å². The molecule has 30 heavy (non-hydrogen) atoms. The van der Waals surface area contributed by atoms with Crippen LogP contribution in [-0.2, 0) is 13.0 Å². The van der Waals surface area contributed by atoms with E-state index in [2.05, 4.69) is 44.8 Å². The molecule has 0 amide bonds. The lowest BCUT2D eigenvalue weighted by Gasteiger charge is -2.32. The molecule has 6 nitrogen and oxygen atoms in total. The molecule has 0 radical (unpaired) electrons. The number of pyridine rings is 1. The second-order valence-corrected chi connectivity index (χ2v) is 8.33. The Hall–Kier alpha value is -2.83. The predicted molar refractivity (Wildman–Crippen MR) is 117 cm³/mol. The van der Waals surface area contributed by atoms with Crippen LogP contribution in [0.25, 0.3) is 22.4 Å². The third kappa shape index (κ3) is 3.80. The molecule has 3 heterocycles. The van der Waals surface area contributed by atoms with Crippen molar-refractivity contribution in [3.8, 4) is 22.4 Å². The van der Waals surface area contributed by atoms with Crippen LogP contribution in [0.4, 0.5) is 0 Å². The van der Waals surface area contributed by atoms with Gasteiger partial charge in [0.15, 0.2) is 5.78 Å². The number of benzene rings is 1. The largest absolute Gasteiger partial charge is 0.304 e. The quantitative estimate of drug-likeness (QED) is 0.658. The summed E-state index contributed by atoms with van der Waals surface area (Å²) in [4.78, 5) is 21.1. The van der Waals surface area contributed by atoms with Gasteiger partial charge in [-0.05, 0) is 36.7 Å². The molecule has 0 spiro atoms. The average molecular weight is 402 g/mol. The molecule has 2 aliphatic rings. The second kappa shape index (κ2) is 8.13. The van der Waals surface area contributed by atoms with Crippen molar-refractivity contribution in [3.63, 3.8) is 0 Å². The fourth-order valence-corrected chi connectivity index (χ4v) is 4.41.